The number of hydrogen-bond donors (Lipinski definition) is 1. The summed E-state index contributed by atoms with van der Waals surface area (Å²) in [6.07, 6.45) is 1.60. The second kappa shape index (κ2) is 8.50. The van der Waals surface area contributed by atoms with Crippen LogP contribution in [-0.2, 0) is 13.1 Å². The van der Waals surface area contributed by atoms with E-state index in [1.54, 1.807) is 30.3 Å². The molecule has 0 aliphatic heterocycles. The minimum absolute atomic E-state index is 0.0565. The molecule has 0 unspecified atom stereocenters. The number of hydrogen-bond acceptors (Lipinski definition) is 3. The van der Waals surface area contributed by atoms with Crippen LogP contribution in [0.25, 0.3) is 0 Å². The third kappa shape index (κ3) is 4.61. The van der Waals surface area contributed by atoms with Crippen LogP contribution in [0.15, 0.2) is 72.9 Å². The summed E-state index contributed by atoms with van der Waals surface area (Å²) in [7, 11) is 1.79. The summed E-state index contributed by atoms with van der Waals surface area (Å²) in [5.41, 5.74) is 2.65. The Bertz CT molecular complexity index is 866. The van der Waals surface area contributed by atoms with Crippen molar-refractivity contribution in [1.29, 1.82) is 0 Å². The third-order valence-electron chi connectivity index (χ3n) is 4.04. The molecule has 4 nitrogen and oxygen atoms in total. The first kappa shape index (κ1) is 18.0. The maximum Gasteiger partial charge on any atom is 0.255 e. The van der Waals surface area contributed by atoms with Gasteiger partial charge in [-0.05, 0) is 29.3 Å². The van der Waals surface area contributed by atoms with Gasteiger partial charge in [0, 0.05) is 31.4 Å². The Labute approximate surface area is 158 Å². The molecule has 0 bridgehead atoms. The van der Waals surface area contributed by atoms with Crippen molar-refractivity contribution in [2.24, 2.45) is 0 Å². The quantitative estimate of drug-likeness (QED) is 0.693. The maximum atomic E-state index is 12.5. The zero-order chi connectivity index (χ0) is 18.4. The number of carbonyl (C=O) groups is 1. The summed E-state index contributed by atoms with van der Waals surface area (Å²) in [6, 6.07) is 21.2. The van der Waals surface area contributed by atoms with Crippen LogP contribution in [0.3, 0.4) is 0 Å². The Hall–Kier alpha value is -2.85. The molecule has 0 aliphatic carbocycles. The van der Waals surface area contributed by atoms with Gasteiger partial charge < -0.3 is 10.2 Å². The lowest BCUT2D eigenvalue weighted by atomic mass is 10.2. The Morgan fingerprint density at radius 1 is 1.04 bits per heavy atom. The van der Waals surface area contributed by atoms with Crippen LogP contribution < -0.4 is 5.32 Å². The maximum absolute atomic E-state index is 12.5. The molecule has 0 spiro atoms. The largest absolute Gasteiger partial charge is 0.366 e. The van der Waals surface area contributed by atoms with Crippen LogP contribution in [0.5, 0.6) is 0 Å². The van der Waals surface area contributed by atoms with E-state index in [2.05, 4.69) is 10.3 Å². The highest BCUT2D eigenvalue weighted by Crippen LogP contribution is 2.16. The lowest BCUT2D eigenvalue weighted by Crippen LogP contribution is -2.26. The zero-order valence-corrected chi connectivity index (χ0v) is 15.3. The first-order chi connectivity index (χ1) is 12.6. The monoisotopic (exact) mass is 365 g/mol. The highest BCUT2D eigenvalue weighted by Gasteiger charge is 2.12. The third-order valence-corrected chi connectivity index (χ3v) is 4.41. The van der Waals surface area contributed by atoms with Gasteiger partial charge >= 0.3 is 0 Å². The minimum atomic E-state index is -0.0565. The molecule has 0 aliphatic rings. The molecule has 2 aromatic carbocycles. The number of nitrogens with one attached hydrogen (secondary N) is 1. The summed E-state index contributed by atoms with van der Waals surface area (Å²) in [4.78, 5) is 18.5. The molecule has 1 N–H and O–H groups in total. The molecule has 0 saturated carbocycles. The number of carbonyl (C=O) groups excluding carboxylic acids is 1. The SMILES string of the molecule is CN(Cc1ccccc1)C(=O)c1ccc(NCc2ccccc2Cl)nc1. The second-order valence-corrected chi connectivity index (χ2v) is 6.43. The Morgan fingerprint density at radius 2 is 1.77 bits per heavy atom. The van der Waals surface area contributed by atoms with Crippen molar-refractivity contribution >= 4 is 23.3 Å². The number of anilines is 1. The second-order valence-electron chi connectivity index (χ2n) is 6.02. The molecule has 1 aromatic heterocycles. The normalized spacial score (nSPS) is 10.4. The first-order valence-corrected chi connectivity index (χ1v) is 8.74. The first-order valence-electron chi connectivity index (χ1n) is 8.36. The molecule has 0 radical (unpaired) electrons. The molecule has 0 atom stereocenters. The molecule has 0 saturated heterocycles. The van der Waals surface area contributed by atoms with E-state index in [0.717, 1.165) is 11.1 Å². The van der Waals surface area contributed by atoms with Crippen molar-refractivity contribution in [2.75, 3.05) is 12.4 Å². The van der Waals surface area contributed by atoms with E-state index >= 15 is 0 Å². The number of rotatable bonds is 6. The average molecular weight is 366 g/mol. The summed E-state index contributed by atoms with van der Waals surface area (Å²) in [6.45, 7) is 1.14. The van der Waals surface area contributed by atoms with Gasteiger partial charge in [0.15, 0.2) is 0 Å². The van der Waals surface area contributed by atoms with Crippen molar-refractivity contribution in [3.05, 3.63) is 94.6 Å². The van der Waals surface area contributed by atoms with E-state index in [4.69, 9.17) is 11.6 Å². The van der Waals surface area contributed by atoms with E-state index in [9.17, 15) is 4.79 Å². The van der Waals surface area contributed by atoms with Crippen molar-refractivity contribution in [3.63, 3.8) is 0 Å². The number of aromatic nitrogens is 1. The van der Waals surface area contributed by atoms with E-state index in [1.807, 2.05) is 54.6 Å². The fraction of sp³-hybridized carbons (Fsp3) is 0.143. The molecular formula is C21H20ClN3O. The van der Waals surface area contributed by atoms with Crippen LogP contribution in [-0.4, -0.2) is 22.8 Å². The lowest BCUT2D eigenvalue weighted by molar-refractivity contribution is 0.0784. The van der Waals surface area contributed by atoms with Gasteiger partial charge in [0.1, 0.15) is 5.82 Å². The molecule has 0 fully saturated rings. The zero-order valence-electron chi connectivity index (χ0n) is 14.5. The predicted molar refractivity (Wildman–Crippen MR) is 105 cm³/mol. The van der Waals surface area contributed by atoms with Crippen molar-refractivity contribution < 1.29 is 4.79 Å². The molecular weight excluding hydrogens is 346 g/mol. The number of benzene rings is 2. The Balaban J connectivity index is 1.60. The van der Waals surface area contributed by atoms with Gasteiger partial charge in [-0.3, -0.25) is 4.79 Å². The molecule has 3 aromatic rings. The molecule has 1 amide bonds. The molecule has 3 rings (SSSR count). The Kier molecular flexibility index (Phi) is 5.87. The lowest BCUT2D eigenvalue weighted by Gasteiger charge is -2.17. The van der Waals surface area contributed by atoms with Gasteiger partial charge in [0.05, 0.1) is 5.56 Å². The highest BCUT2D eigenvalue weighted by molar-refractivity contribution is 6.31. The fourth-order valence-electron chi connectivity index (χ4n) is 2.60. The van der Waals surface area contributed by atoms with Gasteiger partial charge in [-0.15, -0.1) is 0 Å². The van der Waals surface area contributed by atoms with E-state index in [0.29, 0.717) is 29.5 Å². The number of halogens is 1. The van der Waals surface area contributed by atoms with Gasteiger partial charge in [-0.25, -0.2) is 4.98 Å². The van der Waals surface area contributed by atoms with Crippen molar-refractivity contribution in [1.82, 2.24) is 9.88 Å². The minimum Gasteiger partial charge on any atom is -0.366 e. The van der Waals surface area contributed by atoms with Crippen molar-refractivity contribution in [2.45, 2.75) is 13.1 Å². The number of nitrogens with zero attached hydrogens (tertiary/aromatic N) is 2. The fourth-order valence-corrected chi connectivity index (χ4v) is 2.80. The van der Waals surface area contributed by atoms with Crippen LogP contribution in [0.2, 0.25) is 5.02 Å². The smallest absolute Gasteiger partial charge is 0.255 e. The van der Waals surface area contributed by atoms with Gasteiger partial charge in [0.2, 0.25) is 0 Å². The summed E-state index contributed by atoms with van der Waals surface area (Å²) in [5, 5.41) is 3.93. The van der Waals surface area contributed by atoms with Crippen LogP contribution in [0, 0.1) is 0 Å². The molecule has 1 heterocycles. The molecule has 132 valence electrons. The predicted octanol–water partition coefficient (Wildman–Crippen LogP) is 4.62. The topological polar surface area (TPSA) is 45.2 Å². The van der Waals surface area contributed by atoms with Crippen LogP contribution in [0.4, 0.5) is 5.82 Å². The number of pyridine rings is 1. The summed E-state index contributed by atoms with van der Waals surface area (Å²) in [5.74, 6) is 0.645. The molecule has 26 heavy (non-hydrogen) atoms. The van der Waals surface area contributed by atoms with Crippen molar-refractivity contribution in [3.8, 4) is 0 Å². The summed E-state index contributed by atoms with van der Waals surface area (Å²) < 4.78 is 0. The summed E-state index contributed by atoms with van der Waals surface area (Å²) >= 11 is 6.15. The van der Waals surface area contributed by atoms with Crippen LogP contribution >= 0.6 is 11.6 Å². The van der Waals surface area contributed by atoms with Crippen LogP contribution in [0.1, 0.15) is 21.5 Å². The highest BCUT2D eigenvalue weighted by atomic mass is 35.5. The van der Waals surface area contributed by atoms with E-state index < -0.39 is 0 Å². The van der Waals surface area contributed by atoms with E-state index in [1.165, 1.54) is 0 Å². The Morgan fingerprint density at radius 3 is 2.46 bits per heavy atom. The standard InChI is InChI=1S/C21H20ClN3O/c1-25(15-16-7-3-2-4-8-16)21(26)18-11-12-20(24-14-18)23-13-17-9-5-6-10-19(17)22/h2-12,14H,13,15H2,1H3,(H,23,24). The number of amides is 1. The van der Waals surface area contributed by atoms with Gasteiger partial charge in [0.25, 0.3) is 5.91 Å². The average Bonchev–Trinajstić information content (AvgIpc) is 2.68. The van der Waals surface area contributed by atoms with Gasteiger partial charge in [-0.2, -0.15) is 0 Å². The molecule has 5 heteroatoms. The van der Waals surface area contributed by atoms with E-state index in [-0.39, 0.29) is 5.91 Å². The van der Waals surface area contributed by atoms with Gasteiger partial charge in [-0.1, -0.05) is 60.1 Å².